The lowest BCUT2D eigenvalue weighted by molar-refractivity contribution is -0.111. The molecule has 222 valence electrons. The summed E-state index contributed by atoms with van der Waals surface area (Å²) in [6, 6.07) is 1.26. The Labute approximate surface area is 249 Å². The molecule has 10 nitrogen and oxygen atoms in total. The van der Waals surface area contributed by atoms with Crippen molar-refractivity contribution in [3.63, 3.8) is 0 Å². The summed E-state index contributed by atoms with van der Waals surface area (Å²) >= 11 is 1.18. The number of phenols is 2. The number of carbonyl (C=O) groups is 1. The fraction of sp³-hybridized carbons (Fsp3) is 0.281. The average Bonchev–Trinajstić information content (AvgIpc) is 3.10. The zero-order valence-electron chi connectivity index (χ0n) is 24.4. The Bertz CT molecular complexity index is 2190. The number of aromatic hydroxyl groups is 2. The van der Waals surface area contributed by atoms with Crippen molar-refractivity contribution in [2.45, 2.75) is 25.2 Å². The number of methoxy groups -OCH3 is 4. The Kier molecular flexibility index (Phi) is 6.70. The molecule has 5 aromatic carbocycles. The van der Waals surface area contributed by atoms with Crippen LogP contribution in [0.5, 0.6) is 34.5 Å². The number of rotatable bonds is 8. The van der Waals surface area contributed by atoms with E-state index in [9.17, 15) is 24.6 Å². The predicted molar refractivity (Wildman–Crippen MR) is 168 cm³/mol. The molecule has 0 aromatic heterocycles. The van der Waals surface area contributed by atoms with Crippen molar-refractivity contribution in [1.82, 2.24) is 0 Å². The monoisotopic (exact) mass is 603 g/mol. The number of fused-ring (bicyclic) bond motifs is 1. The number of allylic oxidation sites excluding steroid dienone is 2. The molecule has 0 aliphatic heterocycles. The molecule has 5 aromatic rings. The van der Waals surface area contributed by atoms with Crippen molar-refractivity contribution in [2.75, 3.05) is 40.7 Å². The number of carbonyl (C=O) groups excluding carboxylic acids is 1. The van der Waals surface area contributed by atoms with Gasteiger partial charge in [0.2, 0.25) is 5.43 Å². The van der Waals surface area contributed by atoms with Crippen molar-refractivity contribution < 1.29 is 34.0 Å². The fourth-order valence-corrected chi connectivity index (χ4v) is 7.67. The molecule has 1 aliphatic carbocycles. The van der Waals surface area contributed by atoms with E-state index in [1.54, 1.807) is 6.92 Å². The molecule has 0 spiro atoms. The van der Waals surface area contributed by atoms with Crippen LogP contribution in [0.4, 0.5) is 0 Å². The molecule has 0 unspecified atom stereocenters. The number of benzene rings is 5. The molecular formula is C32H29NO9S. The molecule has 6 rings (SSSR count). The molecule has 43 heavy (non-hydrogen) atoms. The number of ketones is 1. The van der Waals surface area contributed by atoms with Gasteiger partial charge in [0, 0.05) is 62.0 Å². The number of nitrogens with two attached hydrogens (primary N) is 1. The van der Waals surface area contributed by atoms with E-state index in [1.165, 1.54) is 53.2 Å². The highest BCUT2D eigenvalue weighted by Crippen LogP contribution is 2.58. The largest absolute Gasteiger partial charge is 0.504 e. The second-order valence-electron chi connectivity index (χ2n) is 10.4. The zero-order valence-corrected chi connectivity index (χ0v) is 25.3. The highest BCUT2D eigenvalue weighted by Gasteiger charge is 2.37. The minimum atomic E-state index is -0.535. The molecule has 0 saturated heterocycles. The highest BCUT2D eigenvalue weighted by atomic mass is 32.2. The molecule has 0 heterocycles. The molecule has 0 radical (unpaired) electrons. The van der Waals surface area contributed by atoms with Gasteiger partial charge in [-0.2, -0.15) is 0 Å². The summed E-state index contributed by atoms with van der Waals surface area (Å²) in [5, 5.41) is 25.6. The number of hydrogen-bond donors (Lipinski definition) is 3. The highest BCUT2D eigenvalue weighted by molar-refractivity contribution is 7.99. The Morgan fingerprint density at radius 3 is 2.05 bits per heavy atom. The van der Waals surface area contributed by atoms with Crippen molar-refractivity contribution in [1.29, 1.82) is 0 Å². The standard InChI is InChI=1S/C32H29NO9S/c1-11-9-13-17-20-22-18(26(36)30(41-5)23(20)16(11)12(2)34)14(35)10-15(39-3)19(22)24-21(17)25(27(37)29(13)40-4)28(38)32(31(24)42-6)43-8-7-33/h10,36-37H,7-9,33H2,1-6H3. The molecule has 4 N–H and O–H groups in total. The summed E-state index contributed by atoms with van der Waals surface area (Å²) in [5.74, 6) is -0.317. The van der Waals surface area contributed by atoms with E-state index in [1.807, 2.05) is 0 Å². The van der Waals surface area contributed by atoms with Gasteiger partial charge in [-0.15, -0.1) is 11.8 Å². The van der Waals surface area contributed by atoms with E-state index in [2.05, 4.69) is 0 Å². The van der Waals surface area contributed by atoms with Gasteiger partial charge in [-0.3, -0.25) is 14.4 Å². The summed E-state index contributed by atoms with van der Waals surface area (Å²) in [7, 11) is 5.58. The quantitative estimate of drug-likeness (QED) is 0.132. The van der Waals surface area contributed by atoms with E-state index < -0.39 is 16.6 Å². The lowest BCUT2D eigenvalue weighted by atomic mass is 9.82. The van der Waals surface area contributed by atoms with Crippen LogP contribution in [0.2, 0.25) is 0 Å². The molecule has 1 aliphatic rings. The van der Waals surface area contributed by atoms with E-state index in [0.29, 0.717) is 49.2 Å². The maximum Gasteiger partial charge on any atom is 0.207 e. The first-order valence-electron chi connectivity index (χ1n) is 13.4. The third-order valence-electron chi connectivity index (χ3n) is 8.25. The molecule has 0 amide bonds. The lowest BCUT2D eigenvalue weighted by Crippen LogP contribution is -2.13. The molecule has 0 atom stereocenters. The van der Waals surface area contributed by atoms with E-state index in [4.69, 9.17) is 24.7 Å². The van der Waals surface area contributed by atoms with Crippen LogP contribution in [0.1, 0.15) is 25.0 Å². The normalized spacial score (nSPS) is 13.1. The second kappa shape index (κ2) is 10.1. The second-order valence-corrected chi connectivity index (χ2v) is 11.5. The number of thioether (sulfide) groups is 1. The van der Waals surface area contributed by atoms with Gasteiger partial charge in [0.1, 0.15) is 11.5 Å². The van der Waals surface area contributed by atoms with Crippen LogP contribution in [-0.2, 0) is 11.2 Å². The van der Waals surface area contributed by atoms with Crippen LogP contribution in [0.25, 0.3) is 48.7 Å². The average molecular weight is 604 g/mol. The third kappa shape index (κ3) is 3.55. The van der Waals surface area contributed by atoms with Gasteiger partial charge in [0.15, 0.2) is 34.2 Å². The van der Waals surface area contributed by atoms with Crippen LogP contribution in [0.15, 0.2) is 26.1 Å². The smallest absolute Gasteiger partial charge is 0.207 e. The minimum Gasteiger partial charge on any atom is -0.504 e. The van der Waals surface area contributed by atoms with E-state index in [-0.39, 0.29) is 74.3 Å². The van der Waals surface area contributed by atoms with Crippen LogP contribution >= 0.6 is 11.8 Å². The minimum absolute atomic E-state index is 0.0140. The summed E-state index contributed by atoms with van der Waals surface area (Å²) in [5.41, 5.74) is 6.45. The SMILES string of the molecule is COc1c(O)c2c(=O)cc(OC)c3c4c(OC)c(SCCN)c(=O)c5c(O)c(OC)c6c(c(c1C(C(C)=O)=C(C)C6)c23)c54. The third-order valence-corrected chi connectivity index (χ3v) is 9.34. The topological polar surface area (TPSA) is 155 Å². The Hall–Kier alpha value is -4.48. The Morgan fingerprint density at radius 1 is 0.837 bits per heavy atom. The van der Waals surface area contributed by atoms with E-state index >= 15 is 0 Å². The molecule has 11 heteroatoms. The molecule has 0 bridgehead atoms. The summed E-state index contributed by atoms with van der Waals surface area (Å²) in [4.78, 5) is 41.5. The van der Waals surface area contributed by atoms with Gasteiger partial charge < -0.3 is 34.9 Å². The molecule has 0 saturated carbocycles. The maximum absolute atomic E-state index is 14.3. The van der Waals surface area contributed by atoms with Crippen LogP contribution < -0.4 is 35.5 Å². The van der Waals surface area contributed by atoms with Crippen molar-refractivity contribution in [3.05, 3.63) is 43.2 Å². The van der Waals surface area contributed by atoms with Gasteiger partial charge in [-0.05, 0) is 25.7 Å². The van der Waals surface area contributed by atoms with Gasteiger partial charge in [-0.1, -0.05) is 5.57 Å². The molecule has 0 fully saturated rings. The summed E-state index contributed by atoms with van der Waals surface area (Å²) < 4.78 is 23.2. The van der Waals surface area contributed by atoms with E-state index in [0.717, 1.165) is 0 Å². The Balaban J connectivity index is 2.17. The first-order valence-corrected chi connectivity index (χ1v) is 14.4. The van der Waals surface area contributed by atoms with Gasteiger partial charge in [0.25, 0.3) is 0 Å². The van der Waals surface area contributed by atoms with Crippen LogP contribution in [0, 0.1) is 0 Å². The van der Waals surface area contributed by atoms with Crippen LogP contribution in [-0.4, -0.2) is 56.7 Å². The zero-order chi connectivity index (χ0) is 31.1. The van der Waals surface area contributed by atoms with Gasteiger partial charge >= 0.3 is 0 Å². The van der Waals surface area contributed by atoms with Gasteiger partial charge in [-0.25, -0.2) is 0 Å². The lowest BCUT2D eigenvalue weighted by Gasteiger charge is -2.24. The first kappa shape index (κ1) is 28.6. The van der Waals surface area contributed by atoms with Crippen molar-refractivity contribution >= 4 is 66.2 Å². The number of Topliss-reactive ketones (excluding diaryl/α,β-unsaturated/α-hetero) is 1. The Morgan fingerprint density at radius 2 is 1.47 bits per heavy atom. The summed E-state index contributed by atoms with van der Waals surface area (Å²) in [6.07, 6.45) is 0.153. The summed E-state index contributed by atoms with van der Waals surface area (Å²) in [6.45, 7) is 3.46. The molecular weight excluding hydrogens is 574 g/mol. The maximum atomic E-state index is 14.3. The number of phenolic OH excluding ortho intramolecular Hbond substituents is 2. The predicted octanol–water partition coefficient (Wildman–Crippen LogP) is 4.31. The number of hydrogen-bond acceptors (Lipinski definition) is 11. The van der Waals surface area contributed by atoms with Crippen molar-refractivity contribution in [2.24, 2.45) is 5.73 Å². The fourth-order valence-electron chi connectivity index (χ4n) is 6.80. The van der Waals surface area contributed by atoms with Crippen molar-refractivity contribution in [3.8, 4) is 34.5 Å². The van der Waals surface area contributed by atoms with Crippen LogP contribution in [0.3, 0.4) is 0 Å². The number of ether oxygens (including phenoxy) is 4. The first-order chi connectivity index (χ1) is 20.6. The van der Waals surface area contributed by atoms with Gasteiger partial charge in [0.05, 0.1) is 44.1 Å².